The van der Waals surface area contributed by atoms with Gasteiger partial charge >= 0.3 is 0 Å². The first-order chi connectivity index (χ1) is 3.13. The van der Waals surface area contributed by atoms with Crippen LogP contribution in [0.5, 0.6) is 0 Å². The molecule has 40 valence electrons. The number of hydrogen-bond acceptors (Lipinski definition) is 4. The second kappa shape index (κ2) is 1.96. The third kappa shape index (κ3) is 4.67. The first-order valence-electron chi connectivity index (χ1n) is 1.25. The molecule has 0 aromatic heterocycles. The van der Waals surface area contributed by atoms with Crippen LogP contribution in [-0.2, 0) is 0 Å². The maximum Gasteiger partial charge on any atom is 0.253 e. The van der Waals surface area contributed by atoms with Crippen LogP contribution in [0.2, 0.25) is 0 Å². The molecule has 6 heteroatoms. The smallest absolute Gasteiger partial charge is 0.253 e. The molecule has 0 fully saturated rings. The van der Waals surface area contributed by atoms with E-state index in [1.54, 1.807) is 0 Å². The fraction of sp³-hybridized carbons (Fsp3) is 0. The van der Waals surface area contributed by atoms with Gasteiger partial charge in [-0.1, -0.05) is 0 Å². The van der Waals surface area contributed by atoms with Crippen molar-refractivity contribution in [2.45, 2.75) is 0 Å². The first kappa shape index (κ1) is 5.67. The van der Waals surface area contributed by atoms with E-state index in [1.165, 1.54) is 0 Å². The van der Waals surface area contributed by atoms with Crippen LogP contribution in [0.25, 0.3) is 0 Å². The highest BCUT2D eigenvalue weighted by atomic mass is 16.7. The van der Waals surface area contributed by atoms with Crippen LogP contribution in [0.4, 0.5) is 0 Å². The highest BCUT2D eigenvalue weighted by Gasteiger charge is 1.88. The topological polar surface area (TPSA) is 86.3 Å². The van der Waals surface area contributed by atoms with Gasteiger partial charge in [-0.05, 0) is 9.85 Å². The molecule has 0 aliphatic heterocycles. The lowest BCUT2D eigenvalue weighted by molar-refractivity contribution is -0.630. The summed E-state index contributed by atoms with van der Waals surface area (Å²) in [4.78, 5) is 16.0. The fourth-order valence-corrected chi connectivity index (χ4v) is 0.0770. The molecule has 0 saturated carbocycles. The van der Waals surface area contributed by atoms with E-state index in [4.69, 9.17) is 20.2 Å². The minimum absolute atomic E-state index is 0.222. The fourth-order valence-electron chi connectivity index (χ4n) is 0.0770. The molecule has 0 aliphatic carbocycles. The number of nitrogens with zero attached hydrogens (tertiary/aromatic N) is 2. The lowest BCUT2D eigenvalue weighted by atomic mass is 11.2. The molecular weight excluding hydrogens is 104 g/mol. The van der Waals surface area contributed by atoms with E-state index in [-0.39, 0.29) is 6.67 Å². The Morgan fingerprint density at radius 1 is 1.14 bits per heavy atom. The molecule has 0 atom stereocenters. The van der Waals surface area contributed by atoms with Crippen molar-refractivity contribution in [2.24, 2.45) is 0 Å². The predicted molar refractivity (Wildman–Crippen MR) is 18.3 cm³/mol. The maximum absolute atomic E-state index is 9.12. The van der Waals surface area contributed by atoms with Gasteiger partial charge in [0.1, 0.15) is 0 Å². The summed E-state index contributed by atoms with van der Waals surface area (Å²) in [5.74, 6) is 0. The summed E-state index contributed by atoms with van der Waals surface area (Å²) in [6, 6.07) is 0. The summed E-state index contributed by atoms with van der Waals surface area (Å²) in [6.45, 7) is -0.222. The Labute approximate surface area is 38.0 Å². The van der Waals surface area contributed by atoms with Gasteiger partial charge in [0.2, 0.25) is 0 Å². The molecule has 0 aromatic rings. The minimum atomic E-state index is -1.12. The molecule has 6 nitrogen and oxygen atoms in total. The van der Waals surface area contributed by atoms with Crippen molar-refractivity contribution in [3.8, 4) is 0 Å². The standard InChI is InChI=1S/CHN2O4/c4-2(5)1-3(6)7/h1H/q-1. The normalized spacial score (nSPS) is 7.43. The molecular formula is CHN2O4-. The Balaban J connectivity index is 3.32. The summed E-state index contributed by atoms with van der Waals surface area (Å²) in [5.41, 5.74) is 0. The van der Waals surface area contributed by atoms with E-state index in [2.05, 4.69) is 0 Å². The summed E-state index contributed by atoms with van der Waals surface area (Å²) in [5, 5.41) is 18.2. The Morgan fingerprint density at radius 3 is 1.43 bits per heavy atom. The van der Waals surface area contributed by atoms with Crippen LogP contribution in [0.3, 0.4) is 0 Å². The lowest BCUT2D eigenvalue weighted by Crippen LogP contribution is -2.02. The van der Waals surface area contributed by atoms with Crippen molar-refractivity contribution in [3.63, 3.8) is 0 Å². The highest BCUT2D eigenvalue weighted by molar-refractivity contribution is 4.19. The minimum Gasteiger partial charge on any atom is -0.289 e. The molecule has 0 radical (unpaired) electrons. The Hall–Kier alpha value is -1.33. The molecule has 0 amide bonds. The predicted octanol–water partition coefficient (Wildman–Crippen LogP) is -0.341. The third-order valence-corrected chi connectivity index (χ3v) is 0.189. The van der Waals surface area contributed by atoms with Crippen LogP contribution in [0.15, 0.2) is 0 Å². The lowest BCUT2D eigenvalue weighted by Gasteiger charge is -1.90. The Morgan fingerprint density at radius 2 is 1.43 bits per heavy atom. The van der Waals surface area contributed by atoms with E-state index >= 15 is 0 Å². The molecule has 0 rings (SSSR count). The largest absolute Gasteiger partial charge is 0.289 e. The maximum atomic E-state index is 9.12. The molecule has 0 aliphatic rings. The van der Waals surface area contributed by atoms with Gasteiger partial charge in [-0.15, -0.1) is 0 Å². The van der Waals surface area contributed by atoms with Gasteiger partial charge in [-0.2, -0.15) is 0 Å². The molecule has 0 aromatic carbocycles. The van der Waals surface area contributed by atoms with Gasteiger partial charge in [0.15, 0.2) is 0 Å². The van der Waals surface area contributed by atoms with E-state index in [9.17, 15) is 0 Å². The van der Waals surface area contributed by atoms with Crippen molar-refractivity contribution in [1.29, 1.82) is 0 Å². The van der Waals surface area contributed by atoms with E-state index in [0.717, 1.165) is 0 Å². The summed E-state index contributed by atoms with van der Waals surface area (Å²) in [6.07, 6.45) is 0. The summed E-state index contributed by atoms with van der Waals surface area (Å²) >= 11 is 0. The zero-order valence-electron chi connectivity index (χ0n) is 3.10. The van der Waals surface area contributed by atoms with Crippen molar-refractivity contribution >= 4 is 0 Å². The number of nitro groups is 2. The van der Waals surface area contributed by atoms with Gasteiger partial charge in [-0.3, -0.25) is 20.2 Å². The second-order valence-corrected chi connectivity index (χ2v) is 0.686. The zero-order valence-corrected chi connectivity index (χ0v) is 3.10. The van der Waals surface area contributed by atoms with E-state index in [1.807, 2.05) is 0 Å². The zero-order chi connectivity index (χ0) is 5.86. The molecule has 0 unspecified atom stereocenters. The quantitative estimate of drug-likeness (QED) is 0.273. The average Bonchev–Trinajstić information content (AvgIpc) is 1.27. The van der Waals surface area contributed by atoms with Crippen LogP contribution in [-0.4, -0.2) is 9.85 Å². The third-order valence-electron chi connectivity index (χ3n) is 0.189. The van der Waals surface area contributed by atoms with E-state index < -0.39 is 9.85 Å². The second-order valence-electron chi connectivity index (χ2n) is 0.686. The van der Waals surface area contributed by atoms with Crippen LogP contribution >= 0.6 is 0 Å². The highest BCUT2D eigenvalue weighted by Crippen LogP contribution is 1.75. The number of rotatable bonds is 2. The summed E-state index contributed by atoms with van der Waals surface area (Å²) < 4.78 is 0. The van der Waals surface area contributed by atoms with Crippen molar-refractivity contribution < 1.29 is 9.85 Å². The van der Waals surface area contributed by atoms with Gasteiger partial charge in [-0.25, -0.2) is 0 Å². The van der Waals surface area contributed by atoms with Crippen molar-refractivity contribution in [1.82, 2.24) is 0 Å². The molecule has 0 spiro atoms. The summed E-state index contributed by atoms with van der Waals surface area (Å²) in [7, 11) is 0. The Kier molecular flexibility index (Phi) is 1.58. The molecule has 0 bridgehead atoms. The SMILES string of the molecule is O=[N+]([O-])[CH-][N+](=O)[O-]. The molecule has 0 N–H and O–H groups in total. The van der Waals surface area contributed by atoms with Gasteiger partial charge in [0, 0.05) is 0 Å². The van der Waals surface area contributed by atoms with E-state index in [0.29, 0.717) is 0 Å². The molecule has 0 heterocycles. The van der Waals surface area contributed by atoms with Gasteiger partial charge in [0.05, 0.1) is 0 Å². The Bertz CT molecular complexity index is 85.9. The molecule has 0 saturated heterocycles. The number of hydrogen-bond donors (Lipinski definition) is 0. The van der Waals surface area contributed by atoms with Crippen molar-refractivity contribution in [3.05, 3.63) is 26.9 Å². The first-order valence-corrected chi connectivity index (χ1v) is 1.25. The monoisotopic (exact) mass is 105 g/mol. The van der Waals surface area contributed by atoms with Gasteiger partial charge in [0.25, 0.3) is 6.67 Å². The van der Waals surface area contributed by atoms with Gasteiger partial charge < -0.3 is 0 Å². The van der Waals surface area contributed by atoms with Crippen molar-refractivity contribution in [2.75, 3.05) is 0 Å². The average molecular weight is 105 g/mol. The van der Waals surface area contributed by atoms with Crippen LogP contribution < -0.4 is 0 Å². The molecule has 7 heavy (non-hydrogen) atoms. The van der Waals surface area contributed by atoms with Crippen LogP contribution in [0, 0.1) is 26.9 Å². The van der Waals surface area contributed by atoms with Crippen LogP contribution in [0.1, 0.15) is 0 Å².